The van der Waals surface area contributed by atoms with E-state index in [1.54, 1.807) is 11.8 Å². The fourth-order valence-corrected chi connectivity index (χ4v) is 6.88. The van der Waals surface area contributed by atoms with Crippen LogP contribution in [0.15, 0.2) is 42.6 Å². The maximum atomic E-state index is 12.7. The van der Waals surface area contributed by atoms with Gasteiger partial charge in [-0.05, 0) is 89.3 Å². The first kappa shape index (κ1) is 33.3. The number of ether oxygens (including phenoxy) is 1. The van der Waals surface area contributed by atoms with Crippen LogP contribution in [0.2, 0.25) is 0 Å². The average molecular weight is 651 g/mol. The monoisotopic (exact) mass is 650 g/mol. The lowest BCUT2D eigenvalue weighted by Crippen LogP contribution is -2.40. The second kappa shape index (κ2) is 14.3. The van der Waals surface area contributed by atoms with Crippen molar-refractivity contribution in [2.24, 2.45) is 5.92 Å². The predicted octanol–water partition coefficient (Wildman–Crippen LogP) is 5.82. The fraction of sp³-hybridized carbons (Fsp3) is 0.447. The average Bonchev–Trinajstić information content (AvgIpc) is 3.57. The van der Waals surface area contributed by atoms with Gasteiger partial charge in [-0.3, -0.25) is 24.2 Å². The van der Waals surface area contributed by atoms with Crippen molar-refractivity contribution in [2.75, 3.05) is 26.7 Å². The number of rotatable bonds is 8. The zero-order valence-corrected chi connectivity index (χ0v) is 28.8. The van der Waals surface area contributed by atoms with Gasteiger partial charge in [0.2, 0.25) is 0 Å². The number of hydrogen-bond acceptors (Lipinski definition) is 7. The van der Waals surface area contributed by atoms with Crippen LogP contribution in [-0.2, 0) is 46.9 Å². The Hall–Kier alpha value is -4.57. The third-order valence-corrected chi connectivity index (χ3v) is 9.50. The number of hydrogen-bond donors (Lipinski definition) is 0. The van der Waals surface area contributed by atoms with Gasteiger partial charge in [-0.15, -0.1) is 0 Å². The number of carbonyl (C=O) groups excluding carboxylic acids is 3. The maximum Gasteiger partial charge on any atom is 0.397 e. The number of carbonyl (C=O) groups is 3. The molecule has 1 saturated carbocycles. The quantitative estimate of drug-likeness (QED) is 0.134. The van der Waals surface area contributed by atoms with Crippen molar-refractivity contribution in [3.63, 3.8) is 0 Å². The van der Waals surface area contributed by atoms with Gasteiger partial charge in [0.15, 0.2) is 0 Å². The number of aldehydes is 1. The summed E-state index contributed by atoms with van der Waals surface area (Å²) in [5, 5.41) is 5.27. The van der Waals surface area contributed by atoms with Crippen molar-refractivity contribution in [1.82, 2.24) is 29.1 Å². The van der Waals surface area contributed by atoms with Crippen molar-refractivity contribution in [3.05, 3.63) is 76.5 Å². The second-order valence-corrected chi connectivity index (χ2v) is 13.1. The highest BCUT2D eigenvalue weighted by molar-refractivity contribution is 6.32. The third kappa shape index (κ3) is 6.85. The number of amides is 1. The molecule has 4 aromatic rings. The van der Waals surface area contributed by atoms with E-state index < -0.39 is 11.9 Å². The molecule has 1 fully saturated rings. The molecule has 0 spiro atoms. The number of aromatic nitrogens is 4. The lowest BCUT2D eigenvalue weighted by atomic mass is 9.98. The number of fused-ring (bicyclic) bond motifs is 2. The summed E-state index contributed by atoms with van der Waals surface area (Å²) in [6.45, 7) is 12.9. The van der Waals surface area contributed by atoms with Crippen molar-refractivity contribution < 1.29 is 19.1 Å². The second-order valence-electron chi connectivity index (χ2n) is 13.1. The smallest absolute Gasteiger partial charge is 0.397 e. The number of nitrogens with zero attached hydrogens (tertiary/aromatic N) is 6. The molecule has 3 aromatic heterocycles. The van der Waals surface area contributed by atoms with Gasteiger partial charge < -0.3 is 14.2 Å². The molecule has 0 atom stereocenters. The molecule has 10 nitrogen and oxygen atoms in total. The highest BCUT2D eigenvalue weighted by Gasteiger charge is 2.30. The summed E-state index contributed by atoms with van der Waals surface area (Å²) in [4.78, 5) is 45.4. The first-order valence-corrected chi connectivity index (χ1v) is 17.2. The molecular weight excluding hydrogens is 604 g/mol. The number of pyridine rings is 1. The fourth-order valence-electron chi connectivity index (χ4n) is 6.88. The molecule has 2 aliphatic heterocycles. The highest BCUT2D eigenvalue weighted by Crippen LogP contribution is 2.40. The van der Waals surface area contributed by atoms with Gasteiger partial charge >= 0.3 is 11.9 Å². The van der Waals surface area contributed by atoms with Gasteiger partial charge in [-0.2, -0.15) is 5.10 Å². The Kier molecular flexibility index (Phi) is 9.91. The largest absolute Gasteiger partial charge is 0.459 e. The summed E-state index contributed by atoms with van der Waals surface area (Å²) in [5.74, 6) is -0.797. The van der Waals surface area contributed by atoms with E-state index in [9.17, 15) is 14.4 Å². The van der Waals surface area contributed by atoms with Crippen molar-refractivity contribution in [2.45, 2.75) is 79.6 Å². The summed E-state index contributed by atoms with van der Waals surface area (Å²) in [5.41, 5.74) is 10.5. The van der Waals surface area contributed by atoms with E-state index in [0.717, 1.165) is 83.6 Å². The topological polar surface area (TPSA) is 103 Å². The van der Waals surface area contributed by atoms with Gasteiger partial charge in [0.05, 0.1) is 24.0 Å². The Balaban J connectivity index is 0.000000307. The normalized spacial score (nSPS) is 15.9. The van der Waals surface area contributed by atoms with E-state index in [1.165, 1.54) is 24.1 Å². The van der Waals surface area contributed by atoms with Crippen LogP contribution >= 0.6 is 0 Å². The van der Waals surface area contributed by atoms with Crippen LogP contribution in [-0.4, -0.2) is 74.0 Å². The van der Waals surface area contributed by atoms with E-state index in [4.69, 9.17) is 9.72 Å². The van der Waals surface area contributed by atoms with Crippen LogP contribution in [0.3, 0.4) is 0 Å². The molecule has 1 amide bonds. The molecule has 0 N–H and O–H groups in total. The predicted molar refractivity (Wildman–Crippen MR) is 186 cm³/mol. The Labute approximate surface area is 282 Å². The molecule has 0 saturated heterocycles. The summed E-state index contributed by atoms with van der Waals surface area (Å²) < 4.78 is 9.39. The standard InChI is InChI=1S/C30H33N3O4.C8H13N3/c1-4-24-10-11-25(19(3)31-24)26-14-21(18-34)13-23-15-27(33(28(23)26)16-20-8-9-20)22-7-6-12-32(17-22)29(35)30(36)37-5-2;1-3-11-8-6-10(2)5-7(8)4-9-11/h7,10-11,13-15,18,20H,4-6,8-9,12,16-17H2,1-3H3;4H,3,5-6H2,1-2H3. The molecule has 7 rings (SSSR count). The van der Waals surface area contributed by atoms with E-state index >= 15 is 0 Å². The molecule has 10 heteroatoms. The van der Waals surface area contributed by atoms with E-state index in [0.29, 0.717) is 31.0 Å². The van der Waals surface area contributed by atoms with Crippen molar-refractivity contribution >= 4 is 34.6 Å². The minimum absolute atomic E-state index is 0.173. The zero-order valence-electron chi connectivity index (χ0n) is 28.8. The number of aryl methyl sites for hydroxylation is 3. The summed E-state index contributed by atoms with van der Waals surface area (Å²) in [6, 6.07) is 10.2. The summed E-state index contributed by atoms with van der Waals surface area (Å²) >= 11 is 0. The molecule has 1 aliphatic carbocycles. The van der Waals surface area contributed by atoms with Crippen molar-refractivity contribution in [1.29, 1.82) is 0 Å². The van der Waals surface area contributed by atoms with E-state index in [-0.39, 0.29) is 6.61 Å². The SMILES string of the molecule is CCOC(=O)C(=O)N1CCC=C(c2cc3cc(C=O)cc(-c4ccc(CC)nc4C)c3n2CC2CC2)C1.CCn1ncc2c1CN(C)C2. The van der Waals surface area contributed by atoms with Crippen LogP contribution in [0.25, 0.3) is 27.6 Å². The van der Waals surface area contributed by atoms with Gasteiger partial charge in [0.1, 0.15) is 6.29 Å². The Bertz CT molecular complexity index is 1880. The molecule has 3 aliphatic rings. The molecule has 1 aromatic carbocycles. The van der Waals surface area contributed by atoms with E-state index in [1.807, 2.05) is 25.3 Å². The minimum Gasteiger partial charge on any atom is -0.459 e. The molecule has 48 heavy (non-hydrogen) atoms. The van der Waals surface area contributed by atoms with Gasteiger partial charge in [0, 0.05) is 84.0 Å². The highest BCUT2D eigenvalue weighted by atomic mass is 16.5. The number of esters is 1. The van der Waals surface area contributed by atoms with E-state index in [2.05, 4.69) is 64.4 Å². The Morgan fingerprint density at radius 2 is 1.85 bits per heavy atom. The first-order chi connectivity index (χ1) is 23.2. The van der Waals surface area contributed by atoms with Gasteiger partial charge in [-0.1, -0.05) is 19.1 Å². The molecule has 0 unspecified atom stereocenters. The number of benzene rings is 1. The summed E-state index contributed by atoms with van der Waals surface area (Å²) in [6.07, 6.45) is 8.96. The maximum absolute atomic E-state index is 12.7. The minimum atomic E-state index is -0.807. The first-order valence-electron chi connectivity index (χ1n) is 17.2. The molecule has 5 heterocycles. The third-order valence-electron chi connectivity index (χ3n) is 9.50. The Morgan fingerprint density at radius 3 is 2.54 bits per heavy atom. The van der Waals surface area contributed by atoms with Crippen LogP contribution < -0.4 is 0 Å². The zero-order chi connectivity index (χ0) is 33.9. The van der Waals surface area contributed by atoms with Crippen LogP contribution in [0.5, 0.6) is 0 Å². The summed E-state index contributed by atoms with van der Waals surface area (Å²) in [7, 11) is 2.14. The van der Waals surface area contributed by atoms with Gasteiger partial charge in [-0.25, -0.2) is 4.79 Å². The van der Waals surface area contributed by atoms with Crippen molar-refractivity contribution in [3.8, 4) is 11.1 Å². The van der Waals surface area contributed by atoms with Crippen LogP contribution in [0, 0.1) is 12.8 Å². The Morgan fingerprint density at radius 1 is 1.04 bits per heavy atom. The van der Waals surface area contributed by atoms with Gasteiger partial charge in [0.25, 0.3) is 0 Å². The van der Waals surface area contributed by atoms with Crippen LogP contribution in [0.1, 0.15) is 78.7 Å². The molecule has 0 radical (unpaired) electrons. The molecule has 0 bridgehead atoms. The lowest BCUT2D eigenvalue weighted by molar-refractivity contribution is -0.159. The molecule has 252 valence electrons. The lowest BCUT2D eigenvalue weighted by Gasteiger charge is -2.27. The van der Waals surface area contributed by atoms with Crippen LogP contribution in [0.4, 0.5) is 0 Å². The molecular formula is C38H46N6O4.